The van der Waals surface area contributed by atoms with E-state index in [9.17, 15) is 15.3 Å². The normalized spacial score (nSPS) is 36.5. The van der Waals surface area contributed by atoms with Gasteiger partial charge in [0.05, 0.1) is 6.54 Å². The Morgan fingerprint density at radius 2 is 2.00 bits per heavy atom. The molecule has 0 amide bonds. The van der Waals surface area contributed by atoms with Gasteiger partial charge in [0.2, 0.25) is 0 Å². The number of hydrogen-bond donors (Lipinski definition) is 4. The number of thiocarbonyl (C=S) groups is 1. The van der Waals surface area contributed by atoms with Gasteiger partial charge < -0.3 is 30.3 Å². The summed E-state index contributed by atoms with van der Waals surface area (Å²) in [6.45, 7) is 0.121. The second-order valence-electron chi connectivity index (χ2n) is 3.38. The van der Waals surface area contributed by atoms with Crippen molar-refractivity contribution in [2.75, 3.05) is 20.7 Å². The summed E-state index contributed by atoms with van der Waals surface area (Å²) < 4.78 is 5.04. The molecule has 7 heteroatoms. The highest BCUT2D eigenvalue weighted by Gasteiger charge is 2.42. The molecule has 0 spiro atoms. The van der Waals surface area contributed by atoms with E-state index in [1.807, 2.05) is 0 Å². The first-order chi connectivity index (χ1) is 7.02. The number of nitrogens with zero attached hydrogens (tertiary/aromatic N) is 1. The average Bonchev–Trinajstić information content (AvgIpc) is 2.24. The summed E-state index contributed by atoms with van der Waals surface area (Å²) in [7, 11) is 3.04. The Morgan fingerprint density at radius 3 is 2.47 bits per heavy atom. The quantitative estimate of drug-likeness (QED) is 0.387. The molecule has 1 saturated heterocycles. The molecule has 0 bridgehead atoms. The molecule has 88 valence electrons. The van der Waals surface area contributed by atoms with Crippen molar-refractivity contribution in [1.29, 1.82) is 0 Å². The summed E-state index contributed by atoms with van der Waals surface area (Å²) in [5, 5.41) is 31.7. The average molecular weight is 236 g/mol. The molecule has 1 fully saturated rings. The molecule has 0 aromatic rings. The number of rotatable bonds is 1. The lowest BCUT2D eigenvalue weighted by Gasteiger charge is -2.43. The molecule has 0 saturated carbocycles. The van der Waals surface area contributed by atoms with Crippen LogP contribution in [0.3, 0.4) is 0 Å². The number of hydrogen-bond acceptors (Lipinski definition) is 5. The van der Waals surface area contributed by atoms with Gasteiger partial charge in [0, 0.05) is 14.2 Å². The highest BCUT2D eigenvalue weighted by atomic mass is 32.1. The van der Waals surface area contributed by atoms with Crippen LogP contribution in [-0.2, 0) is 4.74 Å². The maximum Gasteiger partial charge on any atom is 0.170 e. The summed E-state index contributed by atoms with van der Waals surface area (Å²) >= 11 is 4.99. The van der Waals surface area contributed by atoms with Gasteiger partial charge in [-0.3, -0.25) is 0 Å². The van der Waals surface area contributed by atoms with E-state index in [2.05, 4.69) is 5.32 Å². The number of aliphatic hydroxyl groups is 3. The molecule has 1 heterocycles. The summed E-state index contributed by atoms with van der Waals surface area (Å²) in [4.78, 5) is 1.50. The monoisotopic (exact) mass is 236 g/mol. The smallest absolute Gasteiger partial charge is 0.170 e. The third kappa shape index (κ3) is 2.37. The molecule has 6 nitrogen and oxygen atoms in total. The van der Waals surface area contributed by atoms with Crippen LogP contribution < -0.4 is 5.32 Å². The number of ether oxygens (including phenoxy) is 1. The van der Waals surface area contributed by atoms with Gasteiger partial charge in [-0.25, -0.2) is 0 Å². The van der Waals surface area contributed by atoms with Gasteiger partial charge in [0.1, 0.15) is 18.3 Å². The van der Waals surface area contributed by atoms with Crippen LogP contribution in [0.25, 0.3) is 0 Å². The predicted molar refractivity (Wildman–Crippen MR) is 57.2 cm³/mol. The van der Waals surface area contributed by atoms with Gasteiger partial charge >= 0.3 is 0 Å². The van der Waals surface area contributed by atoms with Gasteiger partial charge in [-0.2, -0.15) is 0 Å². The highest BCUT2D eigenvalue weighted by Crippen LogP contribution is 2.19. The Balaban J connectivity index is 2.82. The van der Waals surface area contributed by atoms with Crippen LogP contribution in [0.4, 0.5) is 0 Å². The predicted octanol–water partition coefficient (Wildman–Crippen LogP) is -2.14. The van der Waals surface area contributed by atoms with E-state index in [1.54, 1.807) is 7.05 Å². The van der Waals surface area contributed by atoms with Crippen molar-refractivity contribution in [1.82, 2.24) is 10.2 Å². The van der Waals surface area contributed by atoms with Gasteiger partial charge in [-0.1, -0.05) is 0 Å². The van der Waals surface area contributed by atoms with Crippen molar-refractivity contribution in [3.05, 3.63) is 0 Å². The van der Waals surface area contributed by atoms with Crippen LogP contribution in [0, 0.1) is 0 Å². The first-order valence-electron chi connectivity index (χ1n) is 4.58. The van der Waals surface area contributed by atoms with Crippen LogP contribution >= 0.6 is 12.2 Å². The number of β-amino-alcohol motifs (C(OH)–C–C–N with tert-alkyl or cyclic N) is 1. The summed E-state index contributed by atoms with van der Waals surface area (Å²) in [5.74, 6) is 0. The van der Waals surface area contributed by atoms with Crippen molar-refractivity contribution in [2.45, 2.75) is 24.5 Å². The van der Waals surface area contributed by atoms with E-state index in [0.29, 0.717) is 5.11 Å². The molecule has 0 aliphatic carbocycles. The van der Waals surface area contributed by atoms with E-state index in [-0.39, 0.29) is 6.54 Å². The molecule has 0 aromatic heterocycles. The van der Waals surface area contributed by atoms with E-state index < -0.39 is 24.5 Å². The molecule has 1 rings (SSSR count). The Bertz CT molecular complexity index is 241. The lowest BCUT2D eigenvalue weighted by molar-refractivity contribution is -0.185. The lowest BCUT2D eigenvalue weighted by Crippen LogP contribution is -2.64. The minimum Gasteiger partial charge on any atom is -0.388 e. The first kappa shape index (κ1) is 12.6. The van der Waals surface area contributed by atoms with Crippen LogP contribution in [0.15, 0.2) is 0 Å². The molecular weight excluding hydrogens is 220 g/mol. The molecule has 0 radical (unpaired) electrons. The van der Waals surface area contributed by atoms with E-state index in [0.717, 1.165) is 0 Å². The summed E-state index contributed by atoms with van der Waals surface area (Å²) in [5.41, 5.74) is 0. The van der Waals surface area contributed by atoms with Crippen LogP contribution in [0.1, 0.15) is 0 Å². The Hall–Kier alpha value is -0.470. The lowest BCUT2D eigenvalue weighted by atomic mass is 10.0. The van der Waals surface area contributed by atoms with Crippen molar-refractivity contribution in [3.8, 4) is 0 Å². The maximum absolute atomic E-state index is 9.66. The van der Waals surface area contributed by atoms with Crippen molar-refractivity contribution in [3.63, 3.8) is 0 Å². The van der Waals surface area contributed by atoms with Gasteiger partial charge in [-0.15, -0.1) is 0 Å². The molecular formula is C8H16N2O4S. The first-order valence-corrected chi connectivity index (χ1v) is 4.99. The Kier molecular flexibility index (Phi) is 4.23. The van der Waals surface area contributed by atoms with E-state index in [4.69, 9.17) is 17.0 Å². The Labute approximate surface area is 93.5 Å². The fourth-order valence-corrected chi connectivity index (χ4v) is 1.78. The summed E-state index contributed by atoms with van der Waals surface area (Å²) in [6.07, 6.45) is -4.20. The van der Waals surface area contributed by atoms with Crippen LogP contribution in [0.5, 0.6) is 0 Å². The molecule has 1 aliphatic rings. The van der Waals surface area contributed by atoms with Gasteiger partial charge in [0.25, 0.3) is 0 Å². The zero-order valence-electron chi connectivity index (χ0n) is 8.62. The fourth-order valence-electron chi connectivity index (χ4n) is 1.60. The molecule has 0 aromatic carbocycles. The summed E-state index contributed by atoms with van der Waals surface area (Å²) in [6, 6.07) is 0. The van der Waals surface area contributed by atoms with E-state index in [1.165, 1.54) is 12.0 Å². The Morgan fingerprint density at radius 1 is 1.40 bits per heavy atom. The van der Waals surface area contributed by atoms with Crippen LogP contribution in [-0.4, -0.2) is 70.6 Å². The van der Waals surface area contributed by atoms with Crippen molar-refractivity contribution < 1.29 is 20.1 Å². The minimum atomic E-state index is -1.22. The van der Waals surface area contributed by atoms with Crippen molar-refractivity contribution >= 4 is 17.3 Å². The second kappa shape index (κ2) is 5.04. The SMILES string of the molecule is CNC(=S)N1C[C@@H](O)[C@H](O)[C@@H](O)[C@H]1OC. The minimum absolute atomic E-state index is 0.121. The molecule has 15 heavy (non-hydrogen) atoms. The van der Waals surface area contributed by atoms with E-state index >= 15 is 0 Å². The standard InChI is InChI=1S/C8H16N2O4S/c1-9-8(15)10-3-4(11)5(12)6(13)7(10)14-2/h4-7,11-13H,3H2,1-2H3,(H,9,15)/t4-,5+,6-,7-/m1/s1. The molecule has 4 atom stereocenters. The third-order valence-corrected chi connectivity index (χ3v) is 2.88. The fraction of sp³-hybridized carbons (Fsp3) is 0.875. The number of piperidine rings is 1. The largest absolute Gasteiger partial charge is 0.388 e. The topological polar surface area (TPSA) is 85.2 Å². The highest BCUT2D eigenvalue weighted by molar-refractivity contribution is 7.80. The molecule has 1 aliphatic heterocycles. The zero-order valence-corrected chi connectivity index (χ0v) is 9.44. The maximum atomic E-state index is 9.66. The number of likely N-dealkylation sites (tertiary alicyclic amines) is 1. The molecule has 0 unspecified atom stereocenters. The molecule has 4 N–H and O–H groups in total. The second-order valence-corrected chi connectivity index (χ2v) is 3.77. The van der Waals surface area contributed by atoms with Gasteiger partial charge in [-0.05, 0) is 12.2 Å². The van der Waals surface area contributed by atoms with Crippen LogP contribution in [0.2, 0.25) is 0 Å². The van der Waals surface area contributed by atoms with Crippen molar-refractivity contribution in [2.24, 2.45) is 0 Å². The van der Waals surface area contributed by atoms with Gasteiger partial charge in [0.15, 0.2) is 11.3 Å². The number of aliphatic hydroxyl groups excluding tert-OH is 3. The number of methoxy groups -OCH3 is 1. The third-order valence-electron chi connectivity index (χ3n) is 2.44. The number of nitrogens with one attached hydrogen (secondary N) is 1. The zero-order chi connectivity index (χ0) is 11.6.